The molecule has 1 aromatic rings. The smallest absolute Gasteiger partial charge is 0.257 e. The molecule has 5 heteroatoms. The minimum atomic E-state index is -0.108. The van der Waals surface area contributed by atoms with Crippen LogP contribution in [0.5, 0.6) is 5.75 Å². The van der Waals surface area contributed by atoms with Gasteiger partial charge in [0, 0.05) is 16.7 Å². The fourth-order valence-electron chi connectivity index (χ4n) is 1.35. The van der Waals surface area contributed by atoms with E-state index in [0.717, 1.165) is 9.99 Å². The summed E-state index contributed by atoms with van der Waals surface area (Å²) in [5, 5.41) is 2.79. The Kier molecular flexibility index (Phi) is 7.81. The van der Waals surface area contributed by atoms with Crippen molar-refractivity contribution in [3.05, 3.63) is 27.8 Å². The first-order chi connectivity index (χ1) is 9.08. The number of amides is 1. The molecule has 0 radical (unpaired) electrons. The van der Waals surface area contributed by atoms with Crippen molar-refractivity contribution >= 4 is 28.5 Å². The Bertz CT molecular complexity index is 379. The van der Waals surface area contributed by atoms with Gasteiger partial charge in [-0.1, -0.05) is 0 Å². The van der Waals surface area contributed by atoms with Gasteiger partial charge in [0.2, 0.25) is 0 Å². The van der Waals surface area contributed by atoms with E-state index in [1.165, 1.54) is 0 Å². The number of hydrogen-bond donors (Lipinski definition) is 1. The molecule has 0 spiro atoms. The zero-order valence-electron chi connectivity index (χ0n) is 11.3. The van der Waals surface area contributed by atoms with Crippen molar-refractivity contribution in [2.75, 3.05) is 19.8 Å². The van der Waals surface area contributed by atoms with Gasteiger partial charge in [0.15, 0.2) is 6.61 Å². The average molecular weight is 377 g/mol. The van der Waals surface area contributed by atoms with E-state index in [9.17, 15) is 4.79 Å². The lowest BCUT2D eigenvalue weighted by Crippen LogP contribution is -2.30. The molecule has 0 atom stereocenters. The molecule has 0 fully saturated rings. The summed E-state index contributed by atoms with van der Waals surface area (Å²) in [5.74, 6) is 0.599. The van der Waals surface area contributed by atoms with Gasteiger partial charge in [-0.3, -0.25) is 4.79 Å². The molecule has 0 heterocycles. The van der Waals surface area contributed by atoms with Gasteiger partial charge in [-0.2, -0.15) is 0 Å². The molecule has 0 saturated heterocycles. The molecule has 106 valence electrons. The number of benzene rings is 1. The van der Waals surface area contributed by atoms with E-state index in [1.807, 2.05) is 38.1 Å². The molecule has 19 heavy (non-hydrogen) atoms. The topological polar surface area (TPSA) is 47.6 Å². The summed E-state index contributed by atoms with van der Waals surface area (Å²) in [7, 11) is 0. The van der Waals surface area contributed by atoms with Crippen LogP contribution in [-0.4, -0.2) is 31.8 Å². The highest BCUT2D eigenvalue weighted by Gasteiger charge is 2.02. The van der Waals surface area contributed by atoms with Crippen molar-refractivity contribution < 1.29 is 14.3 Å². The van der Waals surface area contributed by atoms with Crippen LogP contribution in [0.15, 0.2) is 24.3 Å². The van der Waals surface area contributed by atoms with E-state index in [0.29, 0.717) is 18.9 Å². The van der Waals surface area contributed by atoms with Crippen LogP contribution in [0.2, 0.25) is 0 Å². The molecular weight excluding hydrogens is 357 g/mol. The molecule has 0 saturated carbocycles. The molecule has 4 nitrogen and oxygen atoms in total. The van der Waals surface area contributed by atoms with Crippen molar-refractivity contribution in [2.45, 2.75) is 26.4 Å². The second-order valence-corrected chi connectivity index (χ2v) is 5.61. The Balaban J connectivity index is 2.09. The lowest BCUT2D eigenvalue weighted by molar-refractivity contribution is -0.123. The van der Waals surface area contributed by atoms with Crippen molar-refractivity contribution in [1.82, 2.24) is 5.32 Å². The van der Waals surface area contributed by atoms with E-state index in [1.54, 1.807) is 0 Å². The molecule has 1 aromatic carbocycles. The quantitative estimate of drug-likeness (QED) is 0.560. The van der Waals surface area contributed by atoms with Crippen LogP contribution >= 0.6 is 22.6 Å². The third-order valence-electron chi connectivity index (χ3n) is 2.28. The molecular formula is C14H20INO3. The van der Waals surface area contributed by atoms with Crippen molar-refractivity contribution in [3.8, 4) is 5.75 Å². The van der Waals surface area contributed by atoms with Crippen molar-refractivity contribution in [2.24, 2.45) is 0 Å². The maximum Gasteiger partial charge on any atom is 0.257 e. The van der Waals surface area contributed by atoms with E-state index in [4.69, 9.17) is 9.47 Å². The summed E-state index contributed by atoms with van der Waals surface area (Å²) < 4.78 is 11.9. The second-order valence-electron chi connectivity index (χ2n) is 4.37. The lowest BCUT2D eigenvalue weighted by atomic mass is 10.3. The number of hydrogen-bond acceptors (Lipinski definition) is 3. The number of ether oxygens (including phenoxy) is 2. The predicted molar refractivity (Wildman–Crippen MR) is 83.4 cm³/mol. The Morgan fingerprint density at radius 1 is 1.32 bits per heavy atom. The van der Waals surface area contributed by atoms with E-state index >= 15 is 0 Å². The van der Waals surface area contributed by atoms with Gasteiger partial charge < -0.3 is 14.8 Å². The SMILES string of the molecule is CC(C)OCCCNC(=O)COc1ccc(I)cc1. The third kappa shape index (κ3) is 8.05. The number of carbonyl (C=O) groups is 1. The predicted octanol–water partition coefficient (Wildman–Crippen LogP) is 2.60. The van der Waals surface area contributed by atoms with Crippen LogP contribution in [0.4, 0.5) is 0 Å². The first-order valence-electron chi connectivity index (χ1n) is 6.34. The number of carbonyl (C=O) groups excluding carboxylic acids is 1. The Hall–Kier alpha value is -0.820. The average Bonchev–Trinajstić information content (AvgIpc) is 2.37. The highest BCUT2D eigenvalue weighted by atomic mass is 127. The molecule has 0 unspecified atom stereocenters. The van der Waals surface area contributed by atoms with Crippen LogP contribution < -0.4 is 10.1 Å². The second kappa shape index (κ2) is 9.14. The van der Waals surface area contributed by atoms with Gasteiger partial charge in [-0.05, 0) is 67.1 Å². The van der Waals surface area contributed by atoms with E-state index in [2.05, 4.69) is 27.9 Å². The van der Waals surface area contributed by atoms with Gasteiger partial charge in [-0.15, -0.1) is 0 Å². The van der Waals surface area contributed by atoms with Crippen LogP contribution in [-0.2, 0) is 9.53 Å². The summed E-state index contributed by atoms with van der Waals surface area (Å²) >= 11 is 2.22. The maximum absolute atomic E-state index is 11.5. The molecule has 0 aliphatic carbocycles. The van der Waals surface area contributed by atoms with E-state index < -0.39 is 0 Å². The zero-order chi connectivity index (χ0) is 14.1. The summed E-state index contributed by atoms with van der Waals surface area (Å²) in [6.45, 7) is 5.31. The molecule has 1 amide bonds. The van der Waals surface area contributed by atoms with E-state index in [-0.39, 0.29) is 18.6 Å². The Morgan fingerprint density at radius 3 is 2.63 bits per heavy atom. The fraction of sp³-hybridized carbons (Fsp3) is 0.500. The zero-order valence-corrected chi connectivity index (χ0v) is 13.5. The summed E-state index contributed by atoms with van der Waals surface area (Å²) in [4.78, 5) is 11.5. The molecule has 0 aromatic heterocycles. The van der Waals surface area contributed by atoms with Crippen LogP contribution in [0.25, 0.3) is 0 Å². The number of nitrogens with one attached hydrogen (secondary N) is 1. The Morgan fingerprint density at radius 2 is 2.00 bits per heavy atom. The third-order valence-corrected chi connectivity index (χ3v) is 3.00. The van der Waals surface area contributed by atoms with Crippen LogP contribution in [0, 0.1) is 3.57 Å². The lowest BCUT2D eigenvalue weighted by Gasteiger charge is -2.09. The first kappa shape index (κ1) is 16.2. The van der Waals surface area contributed by atoms with Gasteiger partial charge in [0.05, 0.1) is 6.10 Å². The van der Waals surface area contributed by atoms with Gasteiger partial charge in [0.25, 0.3) is 5.91 Å². The summed E-state index contributed by atoms with van der Waals surface area (Å²) in [6.07, 6.45) is 1.05. The fourth-order valence-corrected chi connectivity index (χ4v) is 1.71. The van der Waals surface area contributed by atoms with Crippen LogP contribution in [0.3, 0.4) is 0 Å². The highest BCUT2D eigenvalue weighted by molar-refractivity contribution is 14.1. The number of rotatable bonds is 8. The molecule has 1 N–H and O–H groups in total. The monoisotopic (exact) mass is 377 g/mol. The minimum Gasteiger partial charge on any atom is -0.484 e. The van der Waals surface area contributed by atoms with Crippen molar-refractivity contribution in [3.63, 3.8) is 0 Å². The largest absolute Gasteiger partial charge is 0.484 e. The van der Waals surface area contributed by atoms with Gasteiger partial charge in [0.1, 0.15) is 5.75 Å². The summed E-state index contributed by atoms with van der Waals surface area (Å²) in [5.41, 5.74) is 0. The minimum absolute atomic E-state index is 0.0473. The molecule has 0 aliphatic rings. The highest BCUT2D eigenvalue weighted by Crippen LogP contribution is 2.13. The summed E-state index contributed by atoms with van der Waals surface area (Å²) in [6, 6.07) is 7.59. The van der Waals surface area contributed by atoms with Gasteiger partial charge >= 0.3 is 0 Å². The maximum atomic E-state index is 11.5. The van der Waals surface area contributed by atoms with Crippen molar-refractivity contribution in [1.29, 1.82) is 0 Å². The number of halogens is 1. The first-order valence-corrected chi connectivity index (χ1v) is 7.42. The normalized spacial score (nSPS) is 10.5. The van der Waals surface area contributed by atoms with Gasteiger partial charge in [-0.25, -0.2) is 0 Å². The molecule has 0 aliphatic heterocycles. The molecule has 0 bridgehead atoms. The van der Waals surface area contributed by atoms with Crippen LogP contribution in [0.1, 0.15) is 20.3 Å². The molecule has 1 rings (SSSR count). The standard InChI is InChI=1S/C14H20INO3/c1-11(2)18-9-3-8-16-14(17)10-19-13-6-4-12(15)5-7-13/h4-7,11H,3,8-10H2,1-2H3,(H,16,17). The Labute approximate surface area is 128 Å².